The molecule has 130 valence electrons. The van der Waals surface area contributed by atoms with E-state index in [9.17, 15) is 8.42 Å². The molecule has 1 heterocycles. The van der Waals surface area contributed by atoms with Crippen LogP contribution in [0.2, 0.25) is 0 Å². The minimum absolute atomic E-state index is 0.491. The predicted molar refractivity (Wildman–Crippen MR) is 96.1 cm³/mol. The van der Waals surface area contributed by atoms with E-state index in [0.29, 0.717) is 19.6 Å². The van der Waals surface area contributed by atoms with Crippen molar-refractivity contribution in [2.45, 2.75) is 39.5 Å². The number of hydrogen-bond acceptors (Lipinski definition) is 3. The van der Waals surface area contributed by atoms with Crippen LogP contribution in [0.1, 0.15) is 38.7 Å². The number of nitrogens with one attached hydrogen (secondary N) is 1. The molecule has 5 nitrogen and oxygen atoms in total. The quantitative estimate of drug-likeness (QED) is 0.666. The molecule has 2 rings (SSSR count). The van der Waals surface area contributed by atoms with E-state index in [1.165, 1.54) is 11.3 Å². The Balaban J connectivity index is 1.79. The summed E-state index contributed by atoms with van der Waals surface area (Å²) in [5.41, 5.74) is 2.69. The van der Waals surface area contributed by atoms with Gasteiger partial charge in [0.15, 0.2) is 0 Å². The summed E-state index contributed by atoms with van der Waals surface area (Å²) in [5.74, 6) is 0. The molecule has 0 fully saturated rings. The van der Waals surface area contributed by atoms with Gasteiger partial charge < -0.3 is 4.90 Å². The smallest absolute Gasteiger partial charge is 0.279 e. The van der Waals surface area contributed by atoms with Crippen molar-refractivity contribution in [3.8, 4) is 0 Å². The van der Waals surface area contributed by atoms with E-state index < -0.39 is 10.2 Å². The number of para-hydroxylation sites is 1. The lowest BCUT2D eigenvalue weighted by atomic mass is 10.2. The highest BCUT2D eigenvalue weighted by Crippen LogP contribution is 2.27. The average molecular weight is 340 g/mol. The molecule has 1 aromatic carbocycles. The van der Waals surface area contributed by atoms with E-state index in [1.807, 2.05) is 13.8 Å². The minimum atomic E-state index is -3.34. The van der Waals surface area contributed by atoms with Gasteiger partial charge in [-0.25, -0.2) is 4.72 Å². The molecule has 0 atom stereocenters. The van der Waals surface area contributed by atoms with Crippen LogP contribution in [0.25, 0.3) is 0 Å². The van der Waals surface area contributed by atoms with Crippen LogP contribution >= 0.6 is 0 Å². The minimum Gasteiger partial charge on any atom is -0.371 e. The Kier molecular flexibility index (Phi) is 6.87. The molecule has 1 aliphatic rings. The predicted octanol–water partition coefficient (Wildman–Crippen LogP) is 2.40. The SMILES string of the molecule is CCCN(CCC)S(=O)(=O)NCCCN1CCc2ccccc21. The summed E-state index contributed by atoms with van der Waals surface area (Å²) in [7, 11) is -3.34. The topological polar surface area (TPSA) is 52.7 Å². The van der Waals surface area contributed by atoms with E-state index >= 15 is 0 Å². The van der Waals surface area contributed by atoms with Crippen molar-refractivity contribution in [3.05, 3.63) is 29.8 Å². The Morgan fingerprint density at radius 2 is 1.87 bits per heavy atom. The molecule has 0 unspecified atom stereocenters. The van der Waals surface area contributed by atoms with E-state index in [-0.39, 0.29) is 0 Å². The van der Waals surface area contributed by atoms with Crippen LogP contribution in [0.5, 0.6) is 0 Å². The first kappa shape index (κ1) is 18.2. The van der Waals surface area contributed by atoms with Gasteiger partial charge in [0.2, 0.25) is 0 Å². The summed E-state index contributed by atoms with van der Waals surface area (Å²) in [6, 6.07) is 8.46. The third-order valence-corrected chi connectivity index (χ3v) is 5.77. The molecule has 0 spiro atoms. The summed E-state index contributed by atoms with van der Waals surface area (Å²) in [5, 5.41) is 0. The third-order valence-electron chi connectivity index (χ3n) is 4.16. The second kappa shape index (κ2) is 8.66. The normalized spacial score (nSPS) is 14.5. The Hall–Kier alpha value is -1.11. The van der Waals surface area contributed by atoms with Gasteiger partial charge in [0.25, 0.3) is 10.2 Å². The molecular weight excluding hydrogens is 310 g/mol. The van der Waals surface area contributed by atoms with Gasteiger partial charge in [0.05, 0.1) is 0 Å². The largest absolute Gasteiger partial charge is 0.371 e. The molecule has 6 heteroatoms. The van der Waals surface area contributed by atoms with Gasteiger partial charge in [-0.2, -0.15) is 12.7 Å². The maximum Gasteiger partial charge on any atom is 0.279 e. The van der Waals surface area contributed by atoms with Gasteiger partial charge >= 0.3 is 0 Å². The highest BCUT2D eigenvalue weighted by atomic mass is 32.2. The number of benzene rings is 1. The van der Waals surface area contributed by atoms with Crippen molar-refractivity contribution in [2.75, 3.05) is 37.6 Å². The highest BCUT2D eigenvalue weighted by Gasteiger charge is 2.20. The molecular formula is C17H29N3O2S. The molecule has 0 amide bonds. The molecule has 0 saturated heterocycles. The number of nitrogens with zero attached hydrogens (tertiary/aromatic N) is 2. The lowest BCUT2D eigenvalue weighted by molar-refractivity contribution is 0.401. The van der Waals surface area contributed by atoms with Crippen molar-refractivity contribution in [1.82, 2.24) is 9.03 Å². The molecule has 0 saturated carbocycles. The second-order valence-electron chi connectivity index (χ2n) is 6.02. The lowest BCUT2D eigenvalue weighted by Crippen LogP contribution is -2.42. The van der Waals surface area contributed by atoms with Crippen LogP contribution in [0.3, 0.4) is 0 Å². The second-order valence-corrected chi connectivity index (χ2v) is 7.77. The van der Waals surface area contributed by atoms with Crippen LogP contribution in [0.15, 0.2) is 24.3 Å². The van der Waals surface area contributed by atoms with Gasteiger partial charge in [0.1, 0.15) is 0 Å². The Morgan fingerprint density at radius 3 is 2.57 bits per heavy atom. The van der Waals surface area contributed by atoms with E-state index in [4.69, 9.17) is 0 Å². The summed E-state index contributed by atoms with van der Waals surface area (Å²) in [6.45, 7) is 7.59. The van der Waals surface area contributed by atoms with Gasteiger partial charge in [-0.1, -0.05) is 32.0 Å². The van der Waals surface area contributed by atoms with E-state index in [2.05, 4.69) is 33.9 Å². The van der Waals surface area contributed by atoms with E-state index in [0.717, 1.165) is 38.8 Å². The van der Waals surface area contributed by atoms with Crippen molar-refractivity contribution in [1.29, 1.82) is 0 Å². The Morgan fingerprint density at radius 1 is 1.17 bits per heavy atom. The number of anilines is 1. The maximum absolute atomic E-state index is 12.3. The summed E-state index contributed by atoms with van der Waals surface area (Å²) >= 11 is 0. The van der Waals surface area contributed by atoms with Crippen LogP contribution in [0, 0.1) is 0 Å². The average Bonchev–Trinajstić information content (AvgIpc) is 2.95. The van der Waals surface area contributed by atoms with Crippen molar-refractivity contribution in [2.24, 2.45) is 0 Å². The monoisotopic (exact) mass is 339 g/mol. The van der Waals surface area contributed by atoms with Gasteiger partial charge in [0, 0.05) is 38.4 Å². The molecule has 0 aromatic heterocycles. The van der Waals surface area contributed by atoms with Gasteiger partial charge in [-0.05, 0) is 37.3 Å². The molecule has 0 radical (unpaired) electrons. The lowest BCUT2D eigenvalue weighted by Gasteiger charge is -2.22. The first-order valence-corrected chi connectivity index (χ1v) is 10.1. The molecule has 23 heavy (non-hydrogen) atoms. The summed E-state index contributed by atoms with van der Waals surface area (Å²) in [4.78, 5) is 2.35. The molecule has 1 aromatic rings. The first-order chi connectivity index (χ1) is 11.1. The van der Waals surface area contributed by atoms with Gasteiger partial charge in [-0.3, -0.25) is 0 Å². The van der Waals surface area contributed by atoms with Gasteiger partial charge in [-0.15, -0.1) is 0 Å². The van der Waals surface area contributed by atoms with Crippen LogP contribution in [0.4, 0.5) is 5.69 Å². The number of hydrogen-bond donors (Lipinski definition) is 1. The Labute approximate surface area is 140 Å². The standard InChI is InChI=1S/C17H29N3O2S/c1-3-12-20(13-4-2)23(21,22)18-11-7-14-19-15-10-16-8-5-6-9-17(16)19/h5-6,8-9,18H,3-4,7,10-15H2,1-2H3. The fourth-order valence-corrected chi connectivity index (χ4v) is 4.48. The highest BCUT2D eigenvalue weighted by molar-refractivity contribution is 7.87. The van der Waals surface area contributed by atoms with Crippen molar-refractivity contribution >= 4 is 15.9 Å². The molecule has 1 N–H and O–H groups in total. The zero-order chi connectivity index (χ0) is 16.7. The first-order valence-electron chi connectivity index (χ1n) is 8.66. The summed E-state index contributed by atoms with van der Waals surface area (Å²) in [6.07, 6.45) is 3.58. The molecule has 0 bridgehead atoms. The molecule has 0 aliphatic carbocycles. The zero-order valence-corrected chi connectivity index (χ0v) is 15.1. The van der Waals surface area contributed by atoms with E-state index in [1.54, 1.807) is 4.31 Å². The summed E-state index contributed by atoms with van der Waals surface area (Å²) < 4.78 is 28.9. The van der Waals surface area contributed by atoms with Crippen molar-refractivity contribution in [3.63, 3.8) is 0 Å². The molecule has 1 aliphatic heterocycles. The maximum atomic E-state index is 12.3. The number of rotatable bonds is 10. The van der Waals surface area contributed by atoms with Crippen LogP contribution in [-0.2, 0) is 16.6 Å². The zero-order valence-electron chi connectivity index (χ0n) is 14.3. The fourth-order valence-electron chi connectivity index (χ4n) is 3.05. The van der Waals surface area contributed by atoms with Crippen molar-refractivity contribution < 1.29 is 8.42 Å². The van der Waals surface area contributed by atoms with Crippen LogP contribution < -0.4 is 9.62 Å². The third kappa shape index (κ3) is 4.93. The Bertz CT molecular complexity index is 583. The fraction of sp³-hybridized carbons (Fsp3) is 0.647. The number of fused-ring (bicyclic) bond motifs is 1. The van der Waals surface area contributed by atoms with Crippen LogP contribution in [-0.4, -0.2) is 45.4 Å².